The summed E-state index contributed by atoms with van der Waals surface area (Å²) in [5.41, 5.74) is 3.15. The Bertz CT molecular complexity index is 639. The van der Waals surface area contributed by atoms with E-state index in [4.69, 9.17) is 16.3 Å². The van der Waals surface area contributed by atoms with Gasteiger partial charge in [0.2, 0.25) is 0 Å². The topological polar surface area (TPSA) is 55.2 Å². The number of phenols is 1. The SMILES string of the molecule is COCc1nc(-c2cc(C)c(O)c(C)c2)nc(Cl)c1I. The standard InChI is InChI=1S/C14H14ClIN2O2/c1-7-4-9(5-8(2)12(7)19)14-17-10(6-20-3)11(16)13(15)18-14/h4-5,19H,6H2,1-3H3. The molecule has 0 fully saturated rings. The molecule has 1 heterocycles. The molecule has 0 aliphatic rings. The molecule has 2 aromatic rings. The van der Waals surface area contributed by atoms with Crippen LogP contribution in [-0.4, -0.2) is 22.2 Å². The fourth-order valence-electron chi connectivity index (χ4n) is 1.91. The van der Waals surface area contributed by atoms with Crippen LogP contribution in [0.2, 0.25) is 5.15 Å². The van der Waals surface area contributed by atoms with E-state index < -0.39 is 0 Å². The molecule has 4 nitrogen and oxygen atoms in total. The fraction of sp³-hybridized carbons (Fsp3) is 0.286. The van der Waals surface area contributed by atoms with Gasteiger partial charge in [0.1, 0.15) is 10.9 Å². The molecule has 6 heteroatoms. The molecule has 0 spiro atoms. The zero-order chi connectivity index (χ0) is 14.9. The lowest BCUT2D eigenvalue weighted by Gasteiger charge is -2.10. The van der Waals surface area contributed by atoms with Gasteiger partial charge in [-0.1, -0.05) is 11.6 Å². The fourth-order valence-corrected chi connectivity index (χ4v) is 2.50. The van der Waals surface area contributed by atoms with Crippen molar-refractivity contribution in [2.45, 2.75) is 20.5 Å². The summed E-state index contributed by atoms with van der Waals surface area (Å²) in [6.07, 6.45) is 0. The number of rotatable bonds is 3. The lowest BCUT2D eigenvalue weighted by Crippen LogP contribution is -2.02. The second-order valence-corrected chi connectivity index (χ2v) is 5.93. The third-order valence-electron chi connectivity index (χ3n) is 2.91. The molecule has 1 aromatic heterocycles. The smallest absolute Gasteiger partial charge is 0.161 e. The molecule has 0 saturated heterocycles. The van der Waals surface area contributed by atoms with Gasteiger partial charge in [0.15, 0.2) is 5.82 Å². The second kappa shape index (κ2) is 6.24. The van der Waals surface area contributed by atoms with Gasteiger partial charge in [-0.05, 0) is 59.7 Å². The third kappa shape index (κ3) is 3.05. The van der Waals surface area contributed by atoms with Crippen molar-refractivity contribution in [2.24, 2.45) is 0 Å². The summed E-state index contributed by atoms with van der Waals surface area (Å²) < 4.78 is 5.92. The molecule has 0 saturated carbocycles. The molecule has 1 aromatic carbocycles. The lowest BCUT2D eigenvalue weighted by molar-refractivity contribution is 0.181. The minimum Gasteiger partial charge on any atom is -0.507 e. The first-order chi connectivity index (χ1) is 9.43. The van der Waals surface area contributed by atoms with Gasteiger partial charge >= 0.3 is 0 Å². The normalized spacial score (nSPS) is 10.8. The summed E-state index contributed by atoms with van der Waals surface area (Å²) >= 11 is 8.26. The molecule has 0 amide bonds. The van der Waals surface area contributed by atoms with Crippen LogP contribution in [0.3, 0.4) is 0 Å². The average molecular weight is 405 g/mol. The van der Waals surface area contributed by atoms with Gasteiger partial charge in [0, 0.05) is 12.7 Å². The van der Waals surface area contributed by atoms with Gasteiger partial charge in [0.05, 0.1) is 15.9 Å². The van der Waals surface area contributed by atoms with Crippen LogP contribution < -0.4 is 0 Å². The number of benzene rings is 1. The van der Waals surface area contributed by atoms with Crippen LogP contribution in [0.4, 0.5) is 0 Å². The molecule has 20 heavy (non-hydrogen) atoms. The maximum absolute atomic E-state index is 9.83. The number of ether oxygens (including phenoxy) is 1. The minimum absolute atomic E-state index is 0.294. The highest BCUT2D eigenvalue weighted by molar-refractivity contribution is 14.1. The maximum Gasteiger partial charge on any atom is 0.161 e. The van der Waals surface area contributed by atoms with E-state index in [1.165, 1.54) is 0 Å². The number of aryl methyl sites for hydroxylation is 2. The van der Waals surface area contributed by atoms with E-state index in [1.54, 1.807) is 7.11 Å². The summed E-state index contributed by atoms with van der Waals surface area (Å²) in [5.74, 6) is 0.830. The van der Waals surface area contributed by atoms with Crippen LogP contribution in [-0.2, 0) is 11.3 Å². The van der Waals surface area contributed by atoms with Gasteiger partial charge in [-0.25, -0.2) is 9.97 Å². The number of hydrogen-bond donors (Lipinski definition) is 1. The summed E-state index contributed by atoms with van der Waals surface area (Å²) in [4.78, 5) is 8.80. The molecule has 1 N–H and O–H groups in total. The van der Waals surface area contributed by atoms with Crippen molar-refractivity contribution < 1.29 is 9.84 Å². The highest BCUT2D eigenvalue weighted by Gasteiger charge is 2.13. The summed E-state index contributed by atoms with van der Waals surface area (Å²) in [6.45, 7) is 4.07. The monoisotopic (exact) mass is 404 g/mol. The number of hydrogen-bond acceptors (Lipinski definition) is 4. The van der Waals surface area contributed by atoms with Gasteiger partial charge in [-0.15, -0.1) is 0 Å². The number of nitrogens with zero attached hydrogens (tertiary/aromatic N) is 2. The Kier molecular flexibility index (Phi) is 4.82. The Morgan fingerprint density at radius 2 is 1.85 bits per heavy atom. The number of methoxy groups -OCH3 is 1. The number of aromatic nitrogens is 2. The quantitative estimate of drug-likeness (QED) is 0.623. The molecular formula is C14H14ClIN2O2. The van der Waals surface area contributed by atoms with Crippen molar-refractivity contribution in [1.82, 2.24) is 9.97 Å². The zero-order valence-electron chi connectivity index (χ0n) is 11.4. The predicted octanol–water partition coefficient (Wildman–Crippen LogP) is 3.87. The van der Waals surface area contributed by atoms with Crippen LogP contribution >= 0.6 is 34.2 Å². The van der Waals surface area contributed by atoms with Gasteiger partial charge in [-0.3, -0.25) is 0 Å². The van der Waals surface area contributed by atoms with E-state index in [1.807, 2.05) is 26.0 Å². The van der Waals surface area contributed by atoms with E-state index in [2.05, 4.69) is 32.6 Å². The van der Waals surface area contributed by atoms with Crippen molar-refractivity contribution in [3.05, 3.63) is 37.7 Å². The van der Waals surface area contributed by atoms with Crippen molar-refractivity contribution in [1.29, 1.82) is 0 Å². The number of phenolic OH excluding ortho intramolecular Hbond substituents is 1. The molecule has 0 bridgehead atoms. The summed E-state index contributed by atoms with van der Waals surface area (Å²) in [5, 5.41) is 10.2. The molecular weight excluding hydrogens is 391 g/mol. The highest BCUT2D eigenvalue weighted by Crippen LogP contribution is 2.29. The predicted molar refractivity (Wildman–Crippen MR) is 87.0 cm³/mol. The largest absolute Gasteiger partial charge is 0.507 e. The van der Waals surface area contributed by atoms with E-state index >= 15 is 0 Å². The molecule has 106 valence electrons. The Morgan fingerprint density at radius 1 is 1.25 bits per heavy atom. The van der Waals surface area contributed by atoms with E-state index in [-0.39, 0.29) is 0 Å². The first kappa shape index (κ1) is 15.5. The minimum atomic E-state index is 0.294. The van der Waals surface area contributed by atoms with Crippen molar-refractivity contribution in [3.63, 3.8) is 0 Å². The summed E-state index contributed by atoms with van der Waals surface area (Å²) in [6, 6.07) is 3.69. The summed E-state index contributed by atoms with van der Waals surface area (Å²) in [7, 11) is 1.61. The van der Waals surface area contributed by atoms with Crippen LogP contribution in [0.1, 0.15) is 16.8 Å². The van der Waals surface area contributed by atoms with Gasteiger partial charge < -0.3 is 9.84 Å². The van der Waals surface area contributed by atoms with Crippen LogP contribution in [0, 0.1) is 17.4 Å². The van der Waals surface area contributed by atoms with E-state index in [0.717, 1.165) is 26.0 Å². The van der Waals surface area contributed by atoms with Crippen LogP contribution in [0.25, 0.3) is 11.4 Å². The Labute approximate surface area is 136 Å². The Morgan fingerprint density at radius 3 is 2.40 bits per heavy atom. The van der Waals surface area contributed by atoms with Crippen LogP contribution in [0.15, 0.2) is 12.1 Å². The maximum atomic E-state index is 9.83. The van der Waals surface area contributed by atoms with Crippen molar-refractivity contribution >= 4 is 34.2 Å². The van der Waals surface area contributed by atoms with Crippen molar-refractivity contribution in [2.75, 3.05) is 7.11 Å². The molecule has 0 radical (unpaired) electrons. The molecule has 0 aliphatic heterocycles. The van der Waals surface area contributed by atoms with E-state index in [0.29, 0.717) is 23.3 Å². The van der Waals surface area contributed by atoms with Crippen LogP contribution in [0.5, 0.6) is 5.75 Å². The molecule has 2 rings (SSSR count). The number of aromatic hydroxyl groups is 1. The average Bonchev–Trinajstić information content (AvgIpc) is 2.40. The van der Waals surface area contributed by atoms with E-state index in [9.17, 15) is 5.11 Å². The molecule has 0 aliphatic carbocycles. The van der Waals surface area contributed by atoms with Crippen molar-refractivity contribution in [3.8, 4) is 17.1 Å². The molecule has 0 unspecified atom stereocenters. The van der Waals surface area contributed by atoms with Gasteiger partial charge in [0.25, 0.3) is 0 Å². The number of halogens is 2. The third-order valence-corrected chi connectivity index (χ3v) is 4.64. The first-order valence-electron chi connectivity index (χ1n) is 5.95. The first-order valence-corrected chi connectivity index (χ1v) is 7.41. The second-order valence-electron chi connectivity index (χ2n) is 4.49. The lowest BCUT2D eigenvalue weighted by atomic mass is 10.1. The highest BCUT2D eigenvalue weighted by atomic mass is 127. The van der Waals surface area contributed by atoms with Gasteiger partial charge in [-0.2, -0.15) is 0 Å². The zero-order valence-corrected chi connectivity index (χ0v) is 14.3. The Balaban J connectivity index is 2.58. The molecule has 0 atom stereocenters. The Hall–Kier alpha value is -0.920.